The molecular weight excluding hydrogens is 143 g/mol. The van der Waals surface area contributed by atoms with E-state index in [0.29, 0.717) is 16.8 Å². The van der Waals surface area contributed by atoms with Gasteiger partial charge in [0.15, 0.2) is 0 Å². The fraction of sp³-hybridized carbons (Fsp3) is 0.125. The predicted molar refractivity (Wildman–Crippen MR) is 43.4 cm³/mol. The second kappa shape index (κ2) is 2.70. The van der Waals surface area contributed by atoms with Gasteiger partial charge >= 0.3 is 0 Å². The smallest absolute Gasteiger partial charge is 0.128 e. The fourth-order valence-corrected chi connectivity index (χ4v) is 0.849. The van der Waals surface area contributed by atoms with Crippen molar-refractivity contribution in [1.82, 2.24) is 0 Å². The van der Waals surface area contributed by atoms with Crippen molar-refractivity contribution in [2.75, 3.05) is 5.73 Å². The van der Waals surface area contributed by atoms with Crippen molar-refractivity contribution < 1.29 is 4.39 Å². The van der Waals surface area contributed by atoms with Gasteiger partial charge in [0.2, 0.25) is 0 Å². The lowest BCUT2D eigenvalue weighted by Gasteiger charge is -2.03. The number of rotatable bonds is 1. The predicted octanol–water partition coefficient (Wildman–Crippen LogP) is 1.71. The van der Waals surface area contributed by atoms with Crippen LogP contribution in [0, 0.1) is 18.2 Å². The van der Waals surface area contributed by atoms with Crippen LogP contribution in [0.2, 0.25) is 0 Å². The summed E-state index contributed by atoms with van der Waals surface area (Å²) in [4.78, 5) is 0. The second-order valence-corrected chi connectivity index (χ2v) is 2.32. The number of nitrogens with one attached hydrogen (secondary N) is 1. The largest absolute Gasteiger partial charge is 0.398 e. The Morgan fingerprint density at radius 3 is 2.73 bits per heavy atom. The summed E-state index contributed by atoms with van der Waals surface area (Å²) in [5.74, 6) is -0.326. The minimum atomic E-state index is -0.326. The average Bonchev–Trinajstić information content (AvgIpc) is 2.01. The molecule has 0 aliphatic rings. The molecule has 0 aliphatic carbocycles. The maximum absolute atomic E-state index is 12.7. The standard InChI is InChI=1S/C8H9FN2/c1-5-7(9)3-2-6(4-10)8(5)11/h2-4,10H,11H2,1H3. The molecule has 0 saturated carbocycles. The van der Waals surface area contributed by atoms with E-state index in [1.807, 2.05) is 0 Å². The van der Waals surface area contributed by atoms with Crippen molar-refractivity contribution in [2.24, 2.45) is 0 Å². The Balaban J connectivity index is 3.36. The van der Waals surface area contributed by atoms with E-state index in [1.54, 1.807) is 6.92 Å². The molecule has 0 aromatic heterocycles. The molecule has 1 aromatic rings. The van der Waals surface area contributed by atoms with Crippen LogP contribution in [0.1, 0.15) is 11.1 Å². The van der Waals surface area contributed by atoms with Crippen LogP contribution in [-0.4, -0.2) is 6.21 Å². The first kappa shape index (κ1) is 7.72. The van der Waals surface area contributed by atoms with Crippen LogP contribution in [0.3, 0.4) is 0 Å². The van der Waals surface area contributed by atoms with Crippen molar-refractivity contribution in [3.63, 3.8) is 0 Å². The lowest BCUT2D eigenvalue weighted by molar-refractivity contribution is 0.619. The fourth-order valence-electron chi connectivity index (χ4n) is 0.849. The molecule has 0 aliphatic heterocycles. The summed E-state index contributed by atoms with van der Waals surface area (Å²) in [6.45, 7) is 1.59. The van der Waals surface area contributed by atoms with Crippen LogP contribution >= 0.6 is 0 Å². The zero-order valence-electron chi connectivity index (χ0n) is 6.19. The molecule has 0 fully saturated rings. The highest BCUT2D eigenvalue weighted by atomic mass is 19.1. The van der Waals surface area contributed by atoms with E-state index in [9.17, 15) is 4.39 Å². The van der Waals surface area contributed by atoms with Gasteiger partial charge in [0.1, 0.15) is 5.82 Å². The van der Waals surface area contributed by atoms with E-state index in [1.165, 1.54) is 12.1 Å². The third-order valence-electron chi connectivity index (χ3n) is 1.64. The van der Waals surface area contributed by atoms with Gasteiger partial charge in [-0.1, -0.05) is 0 Å². The van der Waals surface area contributed by atoms with E-state index in [0.717, 1.165) is 6.21 Å². The molecule has 0 unspecified atom stereocenters. The third-order valence-corrected chi connectivity index (χ3v) is 1.64. The summed E-state index contributed by atoms with van der Waals surface area (Å²) in [7, 11) is 0. The molecule has 1 aromatic carbocycles. The van der Waals surface area contributed by atoms with Crippen molar-refractivity contribution in [3.8, 4) is 0 Å². The first-order valence-corrected chi connectivity index (χ1v) is 3.22. The summed E-state index contributed by atoms with van der Waals surface area (Å²) >= 11 is 0. The zero-order valence-corrected chi connectivity index (χ0v) is 6.19. The Bertz CT molecular complexity index is 294. The number of anilines is 1. The van der Waals surface area contributed by atoms with E-state index < -0.39 is 0 Å². The molecule has 2 nitrogen and oxygen atoms in total. The minimum absolute atomic E-state index is 0.326. The molecular formula is C8H9FN2. The summed E-state index contributed by atoms with van der Waals surface area (Å²) in [5.41, 5.74) is 6.82. The Morgan fingerprint density at radius 1 is 1.55 bits per heavy atom. The van der Waals surface area contributed by atoms with E-state index in [4.69, 9.17) is 11.1 Å². The highest BCUT2D eigenvalue weighted by molar-refractivity contribution is 5.85. The van der Waals surface area contributed by atoms with Gasteiger partial charge in [-0.25, -0.2) is 4.39 Å². The molecule has 0 heterocycles. The highest BCUT2D eigenvalue weighted by Crippen LogP contribution is 2.17. The Hall–Kier alpha value is -1.38. The first-order chi connectivity index (χ1) is 5.16. The normalized spacial score (nSPS) is 9.64. The summed E-state index contributed by atoms with van der Waals surface area (Å²) in [6.07, 6.45) is 1.11. The summed E-state index contributed by atoms with van der Waals surface area (Å²) in [6, 6.07) is 2.80. The molecule has 0 saturated heterocycles. The molecule has 3 N–H and O–H groups in total. The van der Waals surface area contributed by atoms with Gasteiger partial charge in [0.25, 0.3) is 0 Å². The number of halogens is 1. The molecule has 0 spiro atoms. The van der Waals surface area contributed by atoms with Gasteiger partial charge in [-0.05, 0) is 19.1 Å². The van der Waals surface area contributed by atoms with Gasteiger partial charge in [0, 0.05) is 23.0 Å². The maximum atomic E-state index is 12.7. The van der Waals surface area contributed by atoms with Crippen LogP contribution in [-0.2, 0) is 0 Å². The van der Waals surface area contributed by atoms with Crippen LogP contribution in [0.25, 0.3) is 0 Å². The van der Waals surface area contributed by atoms with Gasteiger partial charge in [-0.2, -0.15) is 0 Å². The van der Waals surface area contributed by atoms with Crippen molar-refractivity contribution in [1.29, 1.82) is 5.41 Å². The minimum Gasteiger partial charge on any atom is -0.398 e. The Kier molecular flexibility index (Phi) is 1.89. The second-order valence-electron chi connectivity index (χ2n) is 2.32. The number of nitrogen functional groups attached to an aromatic ring is 1. The monoisotopic (exact) mass is 152 g/mol. The van der Waals surface area contributed by atoms with Gasteiger partial charge in [-0.3, -0.25) is 0 Å². The first-order valence-electron chi connectivity index (χ1n) is 3.22. The highest BCUT2D eigenvalue weighted by Gasteiger charge is 2.03. The molecule has 58 valence electrons. The van der Waals surface area contributed by atoms with Crippen molar-refractivity contribution in [3.05, 3.63) is 29.1 Å². The van der Waals surface area contributed by atoms with Crippen LogP contribution in [0.15, 0.2) is 12.1 Å². The Morgan fingerprint density at radius 2 is 2.18 bits per heavy atom. The van der Waals surface area contributed by atoms with Gasteiger partial charge in [0.05, 0.1) is 0 Å². The molecule has 0 radical (unpaired) electrons. The molecule has 3 heteroatoms. The number of nitrogens with two attached hydrogens (primary N) is 1. The molecule has 0 atom stereocenters. The van der Waals surface area contributed by atoms with E-state index >= 15 is 0 Å². The quantitative estimate of drug-likeness (QED) is 0.467. The van der Waals surface area contributed by atoms with Gasteiger partial charge < -0.3 is 11.1 Å². The van der Waals surface area contributed by atoms with E-state index in [2.05, 4.69) is 0 Å². The number of hydrogen-bond acceptors (Lipinski definition) is 2. The van der Waals surface area contributed by atoms with Crippen LogP contribution in [0.5, 0.6) is 0 Å². The summed E-state index contributed by atoms with van der Waals surface area (Å²) in [5, 5.41) is 6.92. The van der Waals surface area contributed by atoms with E-state index in [-0.39, 0.29) is 5.82 Å². The van der Waals surface area contributed by atoms with Crippen molar-refractivity contribution >= 4 is 11.9 Å². The van der Waals surface area contributed by atoms with Gasteiger partial charge in [-0.15, -0.1) is 0 Å². The van der Waals surface area contributed by atoms with Crippen LogP contribution in [0.4, 0.5) is 10.1 Å². The number of hydrogen-bond donors (Lipinski definition) is 2. The van der Waals surface area contributed by atoms with Crippen molar-refractivity contribution in [2.45, 2.75) is 6.92 Å². The topological polar surface area (TPSA) is 49.9 Å². The SMILES string of the molecule is Cc1c(F)ccc(C=N)c1N. The molecule has 1 rings (SSSR count). The molecule has 11 heavy (non-hydrogen) atoms. The number of benzene rings is 1. The average molecular weight is 152 g/mol. The lowest BCUT2D eigenvalue weighted by Crippen LogP contribution is -1.98. The van der Waals surface area contributed by atoms with Crippen LogP contribution < -0.4 is 5.73 Å². The maximum Gasteiger partial charge on any atom is 0.128 e. The molecule has 0 bridgehead atoms. The zero-order chi connectivity index (χ0) is 8.43. The summed E-state index contributed by atoms with van der Waals surface area (Å²) < 4.78 is 12.7. The Labute approximate surface area is 64.4 Å². The molecule has 0 amide bonds. The lowest BCUT2D eigenvalue weighted by atomic mass is 10.1. The third kappa shape index (κ3) is 1.22.